The van der Waals surface area contributed by atoms with Gasteiger partial charge in [-0.25, -0.2) is 0 Å². The van der Waals surface area contributed by atoms with Crippen LogP contribution in [-0.4, -0.2) is 13.7 Å². The molecule has 2 nitrogen and oxygen atoms in total. The fraction of sp³-hybridized carbons (Fsp3) is 0.364. The van der Waals surface area contributed by atoms with Crippen molar-refractivity contribution in [3.05, 3.63) is 35.4 Å². The molecule has 0 fully saturated rings. The maximum atomic E-state index is 10.7. The lowest BCUT2D eigenvalue weighted by atomic mass is 9.96. The van der Waals surface area contributed by atoms with Crippen LogP contribution < -0.4 is 0 Å². The Labute approximate surface area is 85.7 Å². The first-order valence-electron chi connectivity index (χ1n) is 4.47. The van der Waals surface area contributed by atoms with Gasteiger partial charge in [0, 0.05) is 0 Å². The quantitative estimate of drug-likeness (QED) is 0.666. The van der Waals surface area contributed by atoms with Crippen molar-refractivity contribution >= 4 is 13.7 Å². The molecule has 0 atom stereocenters. The van der Waals surface area contributed by atoms with Gasteiger partial charge >= 0.3 is 0 Å². The molecule has 0 aliphatic rings. The summed E-state index contributed by atoms with van der Waals surface area (Å²) in [6, 6.07) is 7.80. The number of aryl methyl sites for hydroxylation is 1. The second kappa shape index (κ2) is 3.87. The van der Waals surface area contributed by atoms with Gasteiger partial charge in [0.25, 0.3) is 0 Å². The molecule has 0 saturated carbocycles. The zero-order valence-electron chi connectivity index (χ0n) is 8.70. The van der Waals surface area contributed by atoms with Gasteiger partial charge in [0.2, 0.25) is 13.7 Å². The number of carbonyl (C=O) groups is 1. The molecule has 0 heterocycles. The van der Waals surface area contributed by atoms with Crippen LogP contribution in [0.25, 0.3) is 0 Å². The number of benzene rings is 1. The summed E-state index contributed by atoms with van der Waals surface area (Å²) in [6.07, 6.45) is 0. The second-order valence-electron chi connectivity index (χ2n) is 3.80. The Balaban J connectivity index is 2.91. The average molecular weight is 188 g/mol. The maximum Gasteiger partial charge on any atom is 0.236 e. The predicted octanol–water partition coefficient (Wildman–Crippen LogP) is 2.54. The van der Waals surface area contributed by atoms with E-state index in [1.807, 2.05) is 45.0 Å². The molecular formula is C11H13BO2. The van der Waals surface area contributed by atoms with E-state index in [0.717, 1.165) is 5.56 Å². The van der Waals surface area contributed by atoms with Gasteiger partial charge in [-0.3, -0.25) is 4.79 Å². The molecule has 0 aromatic heterocycles. The van der Waals surface area contributed by atoms with E-state index in [0.29, 0.717) is 0 Å². The van der Waals surface area contributed by atoms with Crippen molar-refractivity contribution < 1.29 is 9.53 Å². The number of hydrogen-bond acceptors (Lipinski definition) is 2. The molecule has 0 unspecified atom stereocenters. The third kappa shape index (κ3) is 2.62. The highest BCUT2D eigenvalue weighted by Gasteiger charge is 2.22. The van der Waals surface area contributed by atoms with E-state index in [2.05, 4.69) is 0 Å². The highest BCUT2D eigenvalue weighted by atomic mass is 16.5. The second-order valence-corrected chi connectivity index (χ2v) is 3.80. The van der Waals surface area contributed by atoms with Gasteiger partial charge < -0.3 is 4.74 Å². The summed E-state index contributed by atoms with van der Waals surface area (Å²) >= 11 is 0. The number of hydrogen-bond donors (Lipinski definition) is 0. The molecule has 0 N–H and O–H groups in total. The Morgan fingerprint density at radius 1 is 1.29 bits per heavy atom. The van der Waals surface area contributed by atoms with Crippen molar-refractivity contribution in [1.29, 1.82) is 0 Å². The molecule has 1 rings (SSSR count). The molecule has 0 aliphatic carbocycles. The molecule has 72 valence electrons. The minimum atomic E-state index is -0.754. The molecule has 1 aromatic rings. The smallest absolute Gasteiger partial charge is 0.236 e. The molecule has 2 radical (unpaired) electrons. The number of ether oxygens (including phenoxy) is 1. The van der Waals surface area contributed by atoms with Crippen molar-refractivity contribution in [3.8, 4) is 0 Å². The van der Waals surface area contributed by atoms with Crippen LogP contribution >= 0.6 is 0 Å². The molecule has 14 heavy (non-hydrogen) atoms. The zero-order valence-corrected chi connectivity index (χ0v) is 8.70. The monoisotopic (exact) mass is 188 g/mol. The van der Waals surface area contributed by atoms with Crippen LogP contribution in [0.4, 0.5) is 4.79 Å². The van der Waals surface area contributed by atoms with Crippen LogP contribution in [0.1, 0.15) is 25.0 Å². The first-order chi connectivity index (χ1) is 6.42. The topological polar surface area (TPSA) is 26.3 Å². The minimum absolute atomic E-state index is 0.667. The van der Waals surface area contributed by atoms with Crippen molar-refractivity contribution in [2.45, 2.75) is 26.4 Å². The van der Waals surface area contributed by atoms with Crippen LogP contribution in [0.2, 0.25) is 0 Å². The third-order valence-electron chi connectivity index (χ3n) is 2.10. The Kier molecular flexibility index (Phi) is 2.99. The Morgan fingerprint density at radius 3 is 2.21 bits per heavy atom. The highest BCUT2D eigenvalue weighted by Crippen LogP contribution is 2.24. The third-order valence-corrected chi connectivity index (χ3v) is 2.10. The van der Waals surface area contributed by atoms with E-state index < -0.39 is 11.5 Å². The Bertz CT molecular complexity index is 328. The van der Waals surface area contributed by atoms with Crippen LogP contribution in [0.5, 0.6) is 0 Å². The molecular weight excluding hydrogens is 175 g/mol. The summed E-state index contributed by atoms with van der Waals surface area (Å²) in [6.45, 7) is 5.62. The van der Waals surface area contributed by atoms with Gasteiger partial charge in [0.15, 0.2) is 0 Å². The van der Waals surface area contributed by atoms with E-state index in [4.69, 9.17) is 12.6 Å². The Morgan fingerprint density at radius 2 is 1.79 bits per heavy atom. The SMILES string of the molecule is [B]C(=O)OC(C)(C)c1ccc(C)cc1. The van der Waals surface area contributed by atoms with Crippen LogP contribution in [0.15, 0.2) is 24.3 Å². The standard InChI is InChI=1S/C11H13BO2/c1-8-4-6-9(7-5-8)11(2,3)14-10(12)13/h4-7H,1-3H3. The molecule has 1 aromatic carbocycles. The van der Waals surface area contributed by atoms with Gasteiger partial charge in [-0.1, -0.05) is 29.8 Å². The van der Waals surface area contributed by atoms with Gasteiger partial charge in [0.05, 0.1) is 0 Å². The molecule has 3 heteroatoms. The van der Waals surface area contributed by atoms with Crippen LogP contribution in [0.3, 0.4) is 0 Å². The maximum absolute atomic E-state index is 10.7. The van der Waals surface area contributed by atoms with Gasteiger partial charge in [-0.15, -0.1) is 0 Å². The lowest BCUT2D eigenvalue weighted by Crippen LogP contribution is -2.24. The van der Waals surface area contributed by atoms with Gasteiger partial charge in [-0.05, 0) is 26.3 Å². The summed E-state index contributed by atoms with van der Waals surface area (Å²) in [4.78, 5) is 10.7. The molecule has 0 spiro atoms. The van der Waals surface area contributed by atoms with Crippen LogP contribution in [-0.2, 0) is 10.3 Å². The van der Waals surface area contributed by atoms with Crippen molar-refractivity contribution in [2.75, 3.05) is 0 Å². The average Bonchev–Trinajstić information content (AvgIpc) is 2.02. The molecule has 0 saturated heterocycles. The number of carbonyl (C=O) groups excluding carboxylic acids is 1. The molecule has 0 aliphatic heterocycles. The molecule has 0 amide bonds. The normalized spacial score (nSPS) is 11.1. The highest BCUT2D eigenvalue weighted by molar-refractivity contribution is 6.55. The van der Waals surface area contributed by atoms with Gasteiger partial charge in [0.1, 0.15) is 5.60 Å². The lowest BCUT2D eigenvalue weighted by Gasteiger charge is -2.25. The first kappa shape index (κ1) is 10.8. The lowest BCUT2D eigenvalue weighted by molar-refractivity contribution is 0.0550. The van der Waals surface area contributed by atoms with E-state index in [9.17, 15) is 4.79 Å². The van der Waals surface area contributed by atoms with E-state index >= 15 is 0 Å². The minimum Gasteiger partial charge on any atom is -0.464 e. The van der Waals surface area contributed by atoms with Crippen molar-refractivity contribution in [3.63, 3.8) is 0 Å². The van der Waals surface area contributed by atoms with E-state index in [1.54, 1.807) is 0 Å². The molecule has 0 bridgehead atoms. The van der Waals surface area contributed by atoms with E-state index in [1.165, 1.54) is 5.56 Å². The first-order valence-corrected chi connectivity index (χ1v) is 4.47. The fourth-order valence-electron chi connectivity index (χ4n) is 1.27. The predicted molar refractivity (Wildman–Crippen MR) is 56.4 cm³/mol. The zero-order chi connectivity index (χ0) is 10.8. The van der Waals surface area contributed by atoms with Crippen molar-refractivity contribution in [2.24, 2.45) is 0 Å². The van der Waals surface area contributed by atoms with E-state index in [-0.39, 0.29) is 0 Å². The summed E-state index contributed by atoms with van der Waals surface area (Å²) in [5, 5.41) is 0. The summed E-state index contributed by atoms with van der Waals surface area (Å²) in [5.74, 6) is -0.754. The van der Waals surface area contributed by atoms with Gasteiger partial charge in [-0.2, -0.15) is 0 Å². The summed E-state index contributed by atoms with van der Waals surface area (Å²) < 4.78 is 5.00. The number of rotatable bonds is 2. The van der Waals surface area contributed by atoms with Crippen molar-refractivity contribution in [1.82, 2.24) is 0 Å². The summed E-state index contributed by atoms with van der Waals surface area (Å²) in [5.41, 5.74) is 1.44. The van der Waals surface area contributed by atoms with Crippen LogP contribution in [0, 0.1) is 6.92 Å². The largest absolute Gasteiger partial charge is 0.464 e. The fourth-order valence-corrected chi connectivity index (χ4v) is 1.27. The summed E-state index contributed by atoms with van der Waals surface area (Å²) in [7, 11) is 4.98. The Hall–Kier alpha value is -1.25.